The zero-order chi connectivity index (χ0) is 23.9. The van der Waals surface area contributed by atoms with Crippen molar-refractivity contribution in [2.24, 2.45) is 0 Å². The summed E-state index contributed by atoms with van der Waals surface area (Å²) in [6.07, 6.45) is 1.02. The zero-order valence-electron chi connectivity index (χ0n) is 18.5. The fourth-order valence-corrected chi connectivity index (χ4v) is 4.23. The molecule has 0 aliphatic carbocycles. The van der Waals surface area contributed by atoms with Gasteiger partial charge in [0.05, 0.1) is 18.6 Å². The molecule has 0 heterocycles. The van der Waals surface area contributed by atoms with Gasteiger partial charge in [0.25, 0.3) is 0 Å². The number of hydrogen-bond acceptors (Lipinski definition) is 5. The number of ether oxygens (including phenoxy) is 1. The standard InChI is InChI=1S/C22H28ClN3O5S/c1-5-31-20-12-7-6-11-19(20)26(32(4,29)30)15-21(27)25(16(2)22(28)24-3)14-17-9-8-10-18(23)13-17/h6-13,16H,5,14-15H2,1-4H3,(H,24,28)/t16-/m1/s1. The van der Waals surface area contributed by atoms with Crippen LogP contribution in [0.3, 0.4) is 0 Å². The molecule has 0 saturated heterocycles. The van der Waals surface area contributed by atoms with Gasteiger partial charge >= 0.3 is 0 Å². The summed E-state index contributed by atoms with van der Waals surface area (Å²) in [5.74, 6) is -0.576. The first-order valence-electron chi connectivity index (χ1n) is 10.0. The molecule has 0 spiro atoms. The lowest BCUT2D eigenvalue weighted by Crippen LogP contribution is -2.50. The Kier molecular flexibility index (Phi) is 8.91. The van der Waals surface area contributed by atoms with E-state index < -0.39 is 28.5 Å². The summed E-state index contributed by atoms with van der Waals surface area (Å²) < 4.78 is 31.8. The van der Waals surface area contributed by atoms with Crippen LogP contribution in [0.1, 0.15) is 19.4 Å². The number of benzene rings is 2. The second-order valence-electron chi connectivity index (χ2n) is 7.11. The van der Waals surface area contributed by atoms with Crippen molar-refractivity contribution in [2.45, 2.75) is 26.4 Å². The molecule has 0 saturated carbocycles. The van der Waals surface area contributed by atoms with Crippen LogP contribution in [0.4, 0.5) is 5.69 Å². The molecule has 0 radical (unpaired) electrons. The molecule has 2 aromatic rings. The predicted octanol–water partition coefficient (Wildman–Crippen LogP) is 2.67. The van der Waals surface area contributed by atoms with Gasteiger partial charge in [-0.25, -0.2) is 8.42 Å². The molecule has 2 amide bonds. The molecule has 1 atom stereocenters. The fraction of sp³-hybridized carbons (Fsp3) is 0.364. The number of halogens is 1. The van der Waals surface area contributed by atoms with Crippen LogP contribution in [-0.2, 0) is 26.2 Å². The Morgan fingerprint density at radius 1 is 1.16 bits per heavy atom. The molecule has 10 heteroatoms. The Bertz CT molecular complexity index is 1060. The number of nitrogens with one attached hydrogen (secondary N) is 1. The first kappa shape index (κ1) is 25.5. The summed E-state index contributed by atoms with van der Waals surface area (Å²) in [6.45, 7) is 3.28. The van der Waals surface area contributed by atoms with Crippen LogP contribution in [0.5, 0.6) is 5.75 Å². The van der Waals surface area contributed by atoms with E-state index in [1.54, 1.807) is 62.4 Å². The molecule has 1 N–H and O–H groups in total. The number of anilines is 1. The van der Waals surface area contributed by atoms with Gasteiger partial charge < -0.3 is 15.0 Å². The lowest BCUT2D eigenvalue weighted by molar-refractivity contribution is -0.139. The molecule has 174 valence electrons. The first-order valence-corrected chi connectivity index (χ1v) is 12.3. The van der Waals surface area contributed by atoms with Crippen molar-refractivity contribution in [1.82, 2.24) is 10.2 Å². The normalized spacial score (nSPS) is 12.0. The molecule has 0 aliphatic rings. The Labute approximate surface area is 194 Å². The van der Waals surface area contributed by atoms with Gasteiger partial charge in [0, 0.05) is 18.6 Å². The maximum atomic E-state index is 13.4. The zero-order valence-corrected chi connectivity index (χ0v) is 20.1. The second kappa shape index (κ2) is 11.2. The fourth-order valence-electron chi connectivity index (χ4n) is 3.16. The van der Waals surface area contributed by atoms with Crippen LogP contribution < -0.4 is 14.4 Å². The third kappa shape index (κ3) is 6.61. The molecule has 0 bridgehead atoms. The summed E-state index contributed by atoms with van der Waals surface area (Å²) in [5.41, 5.74) is 0.961. The number of rotatable bonds is 10. The molecule has 0 fully saturated rings. The van der Waals surface area contributed by atoms with Crippen molar-refractivity contribution in [1.29, 1.82) is 0 Å². The van der Waals surface area contributed by atoms with Crippen molar-refractivity contribution in [3.63, 3.8) is 0 Å². The number of likely N-dealkylation sites (N-methyl/N-ethyl adjacent to an activating group) is 1. The van der Waals surface area contributed by atoms with E-state index in [4.69, 9.17) is 16.3 Å². The number of amides is 2. The molecule has 2 aromatic carbocycles. The topological polar surface area (TPSA) is 96.0 Å². The van der Waals surface area contributed by atoms with Crippen LogP contribution in [-0.4, -0.2) is 57.6 Å². The molecular weight excluding hydrogens is 454 g/mol. The van der Waals surface area contributed by atoms with E-state index in [1.807, 2.05) is 0 Å². The van der Waals surface area contributed by atoms with E-state index in [0.717, 1.165) is 10.6 Å². The van der Waals surface area contributed by atoms with Crippen molar-refractivity contribution >= 4 is 39.1 Å². The lowest BCUT2D eigenvalue weighted by Gasteiger charge is -2.31. The molecular formula is C22H28ClN3O5S. The molecule has 32 heavy (non-hydrogen) atoms. The smallest absolute Gasteiger partial charge is 0.244 e. The molecule has 2 rings (SSSR count). The number of carbonyl (C=O) groups excluding carboxylic acids is 2. The van der Waals surface area contributed by atoms with Crippen LogP contribution >= 0.6 is 11.6 Å². The van der Waals surface area contributed by atoms with Crippen LogP contribution in [0.15, 0.2) is 48.5 Å². The molecule has 0 aromatic heterocycles. The van der Waals surface area contributed by atoms with E-state index in [9.17, 15) is 18.0 Å². The summed E-state index contributed by atoms with van der Waals surface area (Å²) in [6, 6.07) is 12.7. The van der Waals surface area contributed by atoms with Gasteiger partial charge in [0.2, 0.25) is 21.8 Å². The van der Waals surface area contributed by atoms with Crippen molar-refractivity contribution in [3.05, 3.63) is 59.1 Å². The third-order valence-electron chi connectivity index (χ3n) is 4.77. The van der Waals surface area contributed by atoms with Crippen molar-refractivity contribution in [2.75, 3.05) is 30.8 Å². The Hall–Kier alpha value is -2.78. The number of carbonyl (C=O) groups is 2. The number of para-hydroxylation sites is 2. The highest BCUT2D eigenvalue weighted by Gasteiger charge is 2.30. The highest BCUT2D eigenvalue weighted by molar-refractivity contribution is 7.92. The molecule has 0 unspecified atom stereocenters. The number of sulfonamides is 1. The molecule has 8 nitrogen and oxygen atoms in total. The van der Waals surface area contributed by atoms with Gasteiger partial charge in [-0.05, 0) is 43.7 Å². The maximum Gasteiger partial charge on any atom is 0.244 e. The Balaban J connectivity index is 2.43. The van der Waals surface area contributed by atoms with Crippen molar-refractivity contribution in [3.8, 4) is 5.75 Å². The minimum Gasteiger partial charge on any atom is -0.492 e. The van der Waals surface area contributed by atoms with Gasteiger partial charge in [0.15, 0.2) is 0 Å². The predicted molar refractivity (Wildman–Crippen MR) is 125 cm³/mol. The van der Waals surface area contributed by atoms with E-state index in [1.165, 1.54) is 11.9 Å². The summed E-state index contributed by atoms with van der Waals surface area (Å²) in [5, 5.41) is 3.02. The van der Waals surface area contributed by atoms with Gasteiger partial charge in [-0.3, -0.25) is 13.9 Å². The largest absolute Gasteiger partial charge is 0.492 e. The average molecular weight is 482 g/mol. The van der Waals surface area contributed by atoms with Gasteiger partial charge in [-0.2, -0.15) is 0 Å². The second-order valence-corrected chi connectivity index (χ2v) is 9.46. The molecule has 0 aliphatic heterocycles. The summed E-state index contributed by atoms with van der Waals surface area (Å²) in [7, 11) is -2.36. The highest BCUT2D eigenvalue weighted by Crippen LogP contribution is 2.30. The quantitative estimate of drug-likeness (QED) is 0.562. The number of nitrogens with zero attached hydrogens (tertiary/aromatic N) is 2. The van der Waals surface area contributed by atoms with Crippen LogP contribution in [0.2, 0.25) is 5.02 Å². The average Bonchev–Trinajstić information content (AvgIpc) is 2.74. The van der Waals surface area contributed by atoms with E-state index >= 15 is 0 Å². The van der Waals surface area contributed by atoms with Gasteiger partial charge in [0.1, 0.15) is 18.3 Å². The SMILES string of the molecule is CCOc1ccccc1N(CC(=O)N(Cc1cccc(Cl)c1)[C@H](C)C(=O)NC)S(C)(=O)=O. The maximum absolute atomic E-state index is 13.4. The van der Waals surface area contributed by atoms with E-state index in [-0.39, 0.29) is 18.1 Å². The monoisotopic (exact) mass is 481 g/mol. The van der Waals surface area contributed by atoms with Crippen LogP contribution in [0.25, 0.3) is 0 Å². The minimum absolute atomic E-state index is 0.0820. The Morgan fingerprint density at radius 3 is 2.44 bits per heavy atom. The minimum atomic E-state index is -3.83. The van der Waals surface area contributed by atoms with Crippen LogP contribution in [0, 0.1) is 0 Å². The van der Waals surface area contributed by atoms with Gasteiger partial charge in [-0.1, -0.05) is 35.9 Å². The first-order chi connectivity index (χ1) is 15.1. The highest BCUT2D eigenvalue weighted by atomic mass is 35.5. The van der Waals surface area contributed by atoms with Crippen molar-refractivity contribution < 1.29 is 22.7 Å². The summed E-state index contributed by atoms with van der Waals surface area (Å²) >= 11 is 6.06. The Morgan fingerprint density at radius 2 is 1.84 bits per heavy atom. The summed E-state index contributed by atoms with van der Waals surface area (Å²) in [4.78, 5) is 27.0. The van der Waals surface area contributed by atoms with E-state index in [2.05, 4.69) is 5.32 Å². The lowest BCUT2D eigenvalue weighted by atomic mass is 10.1. The number of hydrogen-bond donors (Lipinski definition) is 1. The third-order valence-corrected chi connectivity index (χ3v) is 6.13. The van der Waals surface area contributed by atoms with E-state index in [0.29, 0.717) is 22.9 Å². The van der Waals surface area contributed by atoms with Gasteiger partial charge in [-0.15, -0.1) is 0 Å².